The van der Waals surface area contributed by atoms with Crippen molar-refractivity contribution in [2.75, 3.05) is 5.73 Å². The highest BCUT2D eigenvalue weighted by Crippen LogP contribution is 2.34. The van der Waals surface area contributed by atoms with Crippen LogP contribution >= 0.6 is 0 Å². The van der Waals surface area contributed by atoms with Gasteiger partial charge in [0.15, 0.2) is 17.3 Å². The summed E-state index contributed by atoms with van der Waals surface area (Å²) in [4.78, 5) is 23.5. The lowest BCUT2D eigenvalue weighted by atomic mass is 10.1. The Hall–Kier alpha value is -3.90. The Morgan fingerprint density at radius 3 is 2.81 bits per heavy atom. The van der Waals surface area contributed by atoms with Gasteiger partial charge in [-0.2, -0.15) is 0 Å². The molecule has 31 heavy (non-hydrogen) atoms. The number of benzene rings is 2. The van der Waals surface area contributed by atoms with Crippen molar-refractivity contribution in [2.45, 2.75) is 39.3 Å². The summed E-state index contributed by atoms with van der Waals surface area (Å²) in [6, 6.07) is 10.5. The molecule has 0 bridgehead atoms. The molecular weight excluding hydrogens is 394 g/mol. The molecule has 4 N–H and O–H groups in total. The van der Waals surface area contributed by atoms with E-state index >= 15 is 0 Å². The average molecular weight is 417 g/mol. The number of fused-ring (bicyclic) bond motifs is 3. The number of aliphatic imine (C=N–C) groups is 1. The molecule has 2 aromatic carbocycles. The highest BCUT2D eigenvalue weighted by molar-refractivity contribution is 6.06. The number of hydrogen-bond donors (Lipinski definition) is 3. The smallest absolute Gasteiger partial charge is 0.235 e. The summed E-state index contributed by atoms with van der Waals surface area (Å²) in [5.74, 6) is 0.838. The molecular formula is C23H23N5O3. The summed E-state index contributed by atoms with van der Waals surface area (Å²) < 4.78 is 2.02. The first-order chi connectivity index (χ1) is 15.0. The van der Waals surface area contributed by atoms with E-state index < -0.39 is 0 Å². The summed E-state index contributed by atoms with van der Waals surface area (Å²) in [7, 11) is 0. The Labute approximate surface area is 178 Å². The first-order valence-electron chi connectivity index (χ1n) is 10.1. The van der Waals surface area contributed by atoms with Crippen molar-refractivity contribution >= 4 is 33.8 Å². The second kappa shape index (κ2) is 8.45. The number of aromatic hydroxyl groups is 2. The van der Waals surface area contributed by atoms with Gasteiger partial charge in [0, 0.05) is 17.4 Å². The quantitative estimate of drug-likeness (QED) is 0.238. The fourth-order valence-corrected chi connectivity index (χ4v) is 3.80. The van der Waals surface area contributed by atoms with Crippen LogP contribution in [0, 0.1) is 0 Å². The number of imidazole rings is 1. The van der Waals surface area contributed by atoms with Crippen molar-refractivity contribution in [1.29, 1.82) is 0 Å². The van der Waals surface area contributed by atoms with E-state index in [2.05, 4.69) is 16.9 Å². The van der Waals surface area contributed by atoms with Crippen molar-refractivity contribution in [1.82, 2.24) is 14.5 Å². The van der Waals surface area contributed by atoms with Crippen molar-refractivity contribution in [2.24, 2.45) is 4.99 Å². The number of aromatic nitrogens is 3. The van der Waals surface area contributed by atoms with Gasteiger partial charge in [0.05, 0.1) is 24.1 Å². The number of hydrogen-bond acceptors (Lipinski definition) is 7. The number of unbranched alkanes of at least 4 members (excludes halogenated alkanes) is 1. The molecule has 0 amide bonds. The molecule has 2 heterocycles. The van der Waals surface area contributed by atoms with Crippen molar-refractivity contribution in [3.8, 4) is 11.5 Å². The number of isocyanates is 1. The van der Waals surface area contributed by atoms with Crippen molar-refractivity contribution in [3.63, 3.8) is 0 Å². The van der Waals surface area contributed by atoms with Gasteiger partial charge < -0.3 is 20.5 Å². The van der Waals surface area contributed by atoms with Crippen molar-refractivity contribution < 1.29 is 15.0 Å². The first kappa shape index (κ1) is 20.4. The van der Waals surface area contributed by atoms with E-state index in [4.69, 9.17) is 10.7 Å². The molecule has 0 aliphatic rings. The highest BCUT2D eigenvalue weighted by Gasteiger charge is 2.19. The van der Waals surface area contributed by atoms with Crippen LogP contribution in [0.2, 0.25) is 0 Å². The van der Waals surface area contributed by atoms with Crippen LogP contribution in [0.15, 0.2) is 41.4 Å². The number of phenols is 2. The zero-order valence-electron chi connectivity index (χ0n) is 17.2. The number of carbonyl (C=O) groups excluding carboxylic acids is 1. The largest absolute Gasteiger partial charge is 0.504 e. The fraction of sp³-hybridized carbons (Fsp3) is 0.261. The predicted octanol–water partition coefficient (Wildman–Crippen LogP) is 3.80. The Morgan fingerprint density at radius 1 is 1.19 bits per heavy atom. The molecule has 0 spiro atoms. The second-order valence-corrected chi connectivity index (χ2v) is 7.46. The number of rotatable bonds is 7. The van der Waals surface area contributed by atoms with Crippen LogP contribution in [0.3, 0.4) is 0 Å². The zero-order valence-corrected chi connectivity index (χ0v) is 17.2. The minimum atomic E-state index is -0.169. The molecule has 0 fully saturated rings. The minimum Gasteiger partial charge on any atom is -0.504 e. The number of pyridine rings is 1. The standard InChI is InChI=1S/C23H23N5O3/c1-2-3-7-19-27-20-21(28(19)12-15-5-4-6-18(30)22(15)31)16-10-14(11-25-13-29)8-9-17(16)26-23(20)24/h4-6,8-10,30-31H,2-3,7,11-12H2,1H3,(H2,24,26). The molecule has 0 radical (unpaired) electrons. The van der Waals surface area contributed by atoms with Crippen LogP contribution in [0.1, 0.15) is 36.7 Å². The molecule has 0 aliphatic carbocycles. The predicted molar refractivity (Wildman–Crippen MR) is 119 cm³/mol. The maximum absolute atomic E-state index is 10.5. The highest BCUT2D eigenvalue weighted by atomic mass is 16.3. The fourth-order valence-electron chi connectivity index (χ4n) is 3.80. The zero-order chi connectivity index (χ0) is 22.0. The van der Waals surface area contributed by atoms with Gasteiger partial charge in [0.25, 0.3) is 0 Å². The van der Waals surface area contributed by atoms with E-state index in [1.54, 1.807) is 18.2 Å². The molecule has 8 nitrogen and oxygen atoms in total. The van der Waals surface area contributed by atoms with Gasteiger partial charge in [-0.1, -0.05) is 31.5 Å². The Bertz CT molecular complexity index is 1320. The SMILES string of the molecule is CCCCc1nc2c(N)nc3ccc(CN=C=O)cc3c2n1Cc1cccc(O)c1O. The lowest BCUT2D eigenvalue weighted by Crippen LogP contribution is -2.06. The molecule has 0 aliphatic heterocycles. The second-order valence-electron chi connectivity index (χ2n) is 7.46. The summed E-state index contributed by atoms with van der Waals surface area (Å²) in [6.07, 6.45) is 4.25. The molecule has 2 aromatic heterocycles. The van der Waals surface area contributed by atoms with Crippen LogP contribution in [0.4, 0.5) is 5.82 Å². The minimum absolute atomic E-state index is 0.155. The third-order valence-electron chi connectivity index (χ3n) is 5.35. The monoisotopic (exact) mass is 417 g/mol. The number of aryl methyl sites for hydroxylation is 1. The van der Waals surface area contributed by atoms with Crippen molar-refractivity contribution in [3.05, 3.63) is 53.3 Å². The van der Waals surface area contributed by atoms with Gasteiger partial charge in [-0.05, 0) is 30.2 Å². The third-order valence-corrected chi connectivity index (χ3v) is 5.35. The number of phenolic OH excluding ortho intramolecular Hbond substituents is 2. The van der Waals surface area contributed by atoms with Gasteiger partial charge in [-0.15, -0.1) is 0 Å². The van der Waals surface area contributed by atoms with Gasteiger partial charge in [-0.25, -0.2) is 19.8 Å². The lowest BCUT2D eigenvalue weighted by Gasteiger charge is -2.13. The van der Waals surface area contributed by atoms with Gasteiger partial charge >= 0.3 is 0 Å². The van der Waals surface area contributed by atoms with Crippen LogP contribution in [0.5, 0.6) is 11.5 Å². The summed E-state index contributed by atoms with van der Waals surface area (Å²) in [6.45, 7) is 2.64. The summed E-state index contributed by atoms with van der Waals surface area (Å²) in [5, 5.41) is 21.1. The van der Waals surface area contributed by atoms with Crippen LogP contribution in [-0.4, -0.2) is 30.8 Å². The molecule has 0 saturated carbocycles. The van der Waals surface area contributed by atoms with E-state index in [-0.39, 0.29) is 18.0 Å². The summed E-state index contributed by atoms with van der Waals surface area (Å²) in [5.41, 5.74) is 9.76. The molecule has 158 valence electrons. The Balaban J connectivity index is 1.99. The molecule has 0 unspecified atom stereocenters. The maximum Gasteiger partial charge on any atom is 0.235 e. The van der Waals surface area contributed by atoms with Gasteiger partial charge in [-0.3, -0.25) is 0 Å². The van der Waals surface area contributed by atoms with Crippen LogP contribution in [-0.2, 0) is 24.3 Å². The number of anilines is 1. The normalized spacial score (nSPS) is 11.1. The molecule has 4 rings (SSSR count). The van der Waals surface area contributed by atoms with E-state index in [9.17, 15) is 15.0 Å². The number of para-hydroxylation sites is 1. The third kappa shape index (κ3) is 3.81. The van der Waals surface area contributed by atoms with Crippen LogP contribution < -0.4 is 5.73 Å². The van der Waals surface area contributed by atoms with E-state index in [0.717, 1.165) is 41.6 Å². The lowest BCUT2D eigenvalue weighted by molar-refractivity contribution is 0.398. The van der Waals surface area contributed by atoms with Gasteiger partial charge in [0.1, 0.15) is 11.3 Å². The first-order valence-corrected chi connectivity index (χ1v) is 10.1. The van der Waals surface area contributed by atoms with E-state index in [1.807, 2.05) is 22.8 Å². The van der Waals surface area contributed by atoms with Crippen LogP contribution in [0.25, 0.3) is 21.9 Å². The number of nitrogens with zero attached hydrogens (tertiary/aromatic N) is 4. The molecule has 0 atom stereocenters. The molecule has 4 aromatic rings. The van der Waals surface area contributed by atoms with E-state index in [0.29, 0.717) is 29.0 Å². The van der Waals surface area contributed by atoms with Gasteiger partial charge in [0.2, 0.25) is 6.08 Å². The molecule has 8 heteroatoms. The Morgan fingerprint density at radius 2 is 2.03 bits per heavy atom. The average Bonchev–Trinajstić information content (AvgIpc) is 3.13. The topological polar surface area (TPSA) is 127 Å². The Kier molecular flexibility index (Phi) is 5.56. The number of nitrogens with two attached hydrogens (primary N) is 1. The number of nitrogen functional groups attached to an aromatic ring is 1. The molecule has 0 saturated heterocycles. The summed E-state index contributed by atoms with van der Waals surface area (Å²) >= 11 is 0. The van der Waals surface area contributed by atoms with E-state index in [1.165, 1.54) is 6.07 Å². The maximum atomic E-state index is 10.5.